The van der Waals surface area contributed by atoms with Gasteiger partial charge in [-0.15, -0.1) is 0 Å². The van der Waals surface area contributed by atoms with Gasteiger partial charge in [-0.2, -0.15) is 0 Å². The van der Waals surface area contributed by atoms with Crippen LogP contribution >= 0.6 is 0 Å². The number of sulfone groups is 1. The molecule has 0 amide bonds. The van der Waals surface area contributed by atoms with Gasteiger partial charge in [-0.1, -0.05) is 27.2 Å². The minimum absolute atomic E-state index is 0.239. The molecule has 0 saturated carbocycles. The topological polar surface area (TPSA) is 49.4 Å². The molecule has 3 atom stereocenters. The van der Waals surface area contributed by atoms with Crippen molar-refractivity contribution in [3.05, 3.63) is 0 Å². The zero-order valence-electron chi connectivity index (χ0n) is 13.1. The summed E-state index contributed by atoms with van der Waals surface area (Å²) in [7, 11) is -2.82. The molecule has 0 aliphatic carbocycles. The second-order valence-corrected chi connectivity index (χ2v) is 9.04. The maximum atomic E-state index is 11.9. The van der Waals surface area contributed by atoms with Crippen LogP contribution in [0.1, 0.15) is 46.5 Å². The van der Waals surface area contributed by atoms with Crippen molar-refractivity contribution in [2.75, 3.05) is 24.6 Å². The maximum absolute atomic E-state index is 11.9. The lowest BCUT2D eigenvalue weighted by Crippen LogP contribution is -2.62. The Morgan fingerprint density at radius 2 is 2.10 bits per heavy atom. The molecule has 1 N–H and O–H groups in total. The fraction of sp³-hybridized carbons (Fsp3) is 1.00. The first-order chi connectivity index (χ1) is 9.43. The van der Waals surface area contributed by atoms with E-state index < -0.39 is 9.84 Å². The van der Waals surface area contributed by atoms with Gasteiger partial charge in [0.1, 0.15) is 0 Å². The highest BCUT2D eigenvalue weighted by atomic mass is 32.2. The van der Waals surface area contributed by atoms with Crippen LogP contribution < -0.4 is 5.32 Å². The van der Waals surface area contributed by atoms with Crippen molar-refractivity contribution < 1.29 is 8.42 Å². The van der Waals surface area contributed by atoms with E-state index in [0.29, 0.717) is 29.5 Å². The lowest BCUT2D eigenvalue weighted by Gasteiger charge is -2.47. The molecule has 2 saturated heterocycles. The first-order valence-electron chi connectivity index (χ1n) is 8.12. The van der Waals surface area contributed by atoms with E-state index >= 15 is 0 Å². The Labute approximate surface area is 124 Å². The zero-order chi connectivity index (χ0) is 14.8. The predicted octanol–water partition coefficient (Wildman–Crippen LogP) is 1.66. The van der Waals surface area contributed by atoms with Crippen LogP contribution in [0.3, 0.4) is 0 Å². The maximum Gasteiger partial charge on any atom is 0.151 e. The summed E-state index contributed by atoms with van der Waals surface area (Å²) in [5.74, 6) is 1.32. The van der Waals surface area contributed by atoms with E-state index in [1.165, 1.54) is 12.8 Å². The lowest BCUT2D eigenvalue weighted by atomic mass is 9.94. The normalized spacial score (nSPS) is 35.3. The smallest absolute Gasteiger partial charge is 0.151 e. The third-order valence-electron chi connectivity index (χ3n) is 4.79. The monoisotopic (exact) mass is 302 g/mol. The molecule has 0 aromatic heterocycles. The highest BCUT2D eigenvalue weighted by Gasteiger charge is 2.37. The van der Waals surface area contributed by atoms with E-state index in [2.05, 4.69) is 31.0 Å². The minimum atomic E-state index is -2.82. The fourth-order valence-electron chi connectivity index (χ4n) is 3.70. The summed E-state index contributed by atoms with van der Waals surface area (Å²) in [6.07, 6.45) is 4.24. The fourth-order valence-corrected chi connectivity index (χ4v) is 5.42. The summed E-state index contributed by atoms with van der Waals surface area (Å²) in [6.45, 7) is 8.72. The van der Waals surface area contributed by atoms with Gasteiger partial charge < -0.3 is 5.32 Å². The van der Waals surface area contributed by atoms with Crippen molar-refractivity contribution in [2.45, 2.75) is 64.6 Å². The number of hydrogen-bond donors (Lipinski definition) is 1. The average molecular weight is 302 g/mol. The molecule has 2 aliphatic heterocycles. The Morgan fingerprint density at radius 3 is 2.70 bits per heavy atom. The van der Waals surface area contributed by atoms with Gasteiger partial charge in [-0.05, 0) is 25.2 Å². The number of hydrogen-bond acceptors (Lipinski definition) is 4. The molecule has 0 spiro atoms. The van der Waals surface area contributed by atoms with Gasteiger partial charge in [0, 0.05) is 31.2 Å². The van der Waals surface area contributed by atoms with Crippen LogP contribution in [0.15, 0.2) is 0 Å². The zero-order valence-corrected chi connectivity index (χ0v) is 14.0. The Balaban J connectivity index is 2.10. The number of nitrogens with one attached hydrogen (secondary N) is 1. The van der Waals surface area contributed by atoms with Crippen LogP contribution in [-0.2, 0) is 9.84 Å². The summed E-state index contributed by atoms with van der Waals surface area (Å²) in [4.78, 5) is 2.51. The molecule has 0 aromatic rings. The highest BCUT2D eigenvalue weighted by molar-refractivity contribution is 7.91. The van der Waals surface area contributed by atoms with Crippen LogP contribution in [0.4, 0.5) is 0 Å². The van der Waals surface area contributed by atoms with E-state index in [4.69, 9.17) is 0 Å². The molecule has 3 unspecified atom stereocenters. The highest BCUT2D eigenvalue weighted by Crippen LogP contribution is 2.25. The average Bonchev–Trinajstić information content (AvgIpc) is 2.37. The first kappa shape index (κ1) is 16.2. The summed E-state index contributed by atoms with van der Waals surface area (Å²) in [5, 5.41) is 3.65. The molecule has 118 valence electrons. The lowest BCUT2D eigenvalue weighted by molar-refractivity contribution is 0.0563. The molecule has 0 aromatic carbocycles. The molecule has 0 radical (unpaired) electrons. The van der Waals surface area contributed by atoms with Crippen LogP contribution in [-0.4, -0.2) is 56.0 Å². The second-order valence-electron chi connectivity index (χ2n) is 6.81. The Morgan fingerprint density at radius 1 is 1.35 bits per heavy atom. The predicted molar refractivity (Wildman–Crippen MR) is 83.7 cm³/mol. The summed E-state index contributed by atoms with van der Waals surface area (Å²) in [6, 6.07) is 1.24. The molecule has 2 heterocycles. The quantitative estimate of drug-likeness (QED) is 0.858. The summed E-state index contributed by atoms with van der Waals surface area (Å²) < 4.78 is 23.9. The number of piperazine rings is 1. The van der Waals surface area contributed by atoms with Crippen LogP contribution in [0.5, 0.6) is 0 Å². The molecule has 2 aliphatic rings. The van der Waals surface area contributed by atoms with Crippen LogP contribution in [0.2, 0.25) is 0 Å². The standard InChI is InChI=1S/C15H30N2O2S/c1-4-6-13-10-17(15(9-16-13)12(2)3)14-7-5-8-20(18,19)11-14/h12-16H,4-11H2,1-3H3. The molecule has 5 heteroatoms. The molecular formula is C15H30N2O2S. The van der Waals surface area contributed by atoms with Crippen molar-refractivity contribution >= 4 is 9.84 Å². The van der Waals surface area contributed by atoms with Gasteiger partial charge in [0.05, 0.1) is 11.5 Å². The van der Waals surface area contributed by atoms with Crippen LogP contribution in [0.25, 0.3) is 0 Å². The van der Waals surface area contributed by atoms with Gasteiger partial charge in [-0.3, -0.25) is 4.90 Å². The largest absolute Gasteiger partial charge is 0.311 e. The second kappa shape index (κ2) is 6.75. The van der Waals surface area contributed by atoms with Crippen LogP contribution in [0, 0.1) is 5.92 Å². The van der Waals surface area contributed by atoms with Gasteiger partial charge in [0.15, 0.2) is 9.84 Å². The molecule has 2 rings (SSSR count). The third kappa shape index (κ3) is 3.95. The van der Waals surface area contributed by atoms with Crippen molar-refractivity contribution in [2.24, 2.45) is 5.92 Å². The van der Waals surface area contributed by atoms with E-state index in [1.54, 1.807) is 0 Å². The van der Waals surface area contributed by atoms with Gasteiger partial charge in [-0.25, -0.2) is 8.42 Å². The molecule has 20 heavy (non-hydrogen) atoms. The Kier molecular flexibility index (Phi) is 5.49. The van der Waals surface area contributed by atoms with E-state index in [1.807, 2.05) is 0 Å². The number of rotatable bonds is 4. The third-order valence-corrected chi connectivity index (χ3v) is 6.59. The van der Waals surface area contributed by atoms with Gasteiger partial charge in [0.2, 0.25) is 0 Å². The Bertz CT molecular complexity index is 408. The molecule has 2 fully saturated rings. The first-order valence-corrected chi connectivity index (χ1v) is 9.94. The molecule has 4 nitrogen and oxygen atoms in total. The van der Waals surface area contributed by atoms with Gasteiger partial charge in [0.25, 0.3) is 0 Å². The molecular weight excluding hydrogens is 272 g/mol. The van der Waals surface area contributed by atoms with Crippen molar-refractivity contribution in [3.63, 3.8) is 0 Å². The summed E-state index contributed by atoms with van der Waals surface area (Å²) in [5.41, 5.74) is 0. The van der Waals surface area contributed by atoms with Gasteiger partial charge >= 0.3 is 0 Å². The van der Waals surface area contributed by atoms with Crippen molar-refractivity contribution in [1.29, 1.82) is 0 Å². The molecule has 0 bridgehead atoms. The Hall–Kier alpha value is -0.130. The SMILES string of the molecule is CCCC1CN(C2CCCS(=O)(=O)C2)C(C(C)C)CN1. The summed E-state index contributed by atoms with van der Waals surface area (Å²) >= 11 is 0. The van der Waals surface area contributed by atoms with Crippen molar-refractivity contribution in [1.82, 2.24) is 10.2 Å². The van der Waals surface area contributed by atoms with E-state index in [-0.39, 0.29) is 6.04 Å². The minimum Gasteiger partial charge on any atom is -0.311 e. The number of nitrogens with zero attached hydrogens (tertiary/aromatic N) is 1. The van der Waals surface area contributed by atoms with E-state index in [0.717, 1.165) is 25.9 Å². The van der Waals surface area contributed by atoms with Crippen molar-refractivity contribution in [3.8, 4) is 0 Å². The van der Waals surface area contributed by atoms with E-state index in [9.17, 15) is 8.42 Å².